The summed E-state index contributed by atoms with van der Waals surface area (Å²) in [5.41, 5.74) is 2.38. The molecule has 0 saturated carbocycles. The van der Waals surface area contributed by atoms with Crippen molar-refractivity contribution in [3.63, 3.8) is 0 Å². The number of benzene rings is 1. The molecule has 1 aromatic carbocycles. The number of carbonyl (C=O) groups excluding carboxylic acids is 1. The maximum Gasteiger partial charge on any atom is 0.205 e. The first-order valence-corrected chi connectivity index (χ1v) is 4.27. The molecule has 0 aliphatic carbocycles. The first kappa shape index (κ1) is 9.54. The van der Waals surface area contributed by atoms with Crippen LogP contribution in [-0.4, -0.2) is 5.78 Å². The molecule has 0 heterocycles. The Morgan fingerprint density at radius 2 is 2.31 bits per heavy atom. The van der Waals surface area contributed by atoms with Crippen molar-refractivity contribution in [1.29, 1.82) is 0 Å². The lowest BCUT2D eigenvalue weighted by Gasteiger charge is -1.99. The van der Waals surface area contributed by atoms with Crippen LogP contribution in [0.5, 0.6) is 0 Å². The van der Waals surface area contributed by atoms with Crippen LogP contribution < -0.4 is 0 Å². The SMILES string of the molecule is C#CC(=O)CCc1cccc(C)c1. The van der Waals surface area contributed by atoms with E-state index in [9.17, 15) is 4.79 Å². The number of ketones is 1. The Hall–Kier alpha value is -1.55. The van der Waals surface area contributed by atoms with Crippen LogP contribution in [0, 0.1) is 19.3 Å². The highest BCUT2D eigenvalue weighted by Crippen LogP contribution is 2.06. The van der Waals surface area contributed by atoms with Gasteiger partial charge in [-0.05, 0) is 24.8 Å². The minimum absolute atomic E-state index is 0.124. The molecule has 13 heavy (non-hydrogen) atoms. The number of rotatable bonds is 3. The van der Waals surface area contributed by atoms with Crippen molar-refractivity contribution >= 4 is 5.78 Å². The Bertz CT molecular complexity index is 344. The van der Waals surface area contributed by atoms with Gasteiger partial charge in [-0.25, -0.2) is 0 Å². The topological polar surface area (TPSA) is 17.1 Å². The molecule has 0 atom stereocenters. The van der Waals surface area contributed by atoms with Crippen molar-refractivity contribution in [2.24, 2.45) is 0 Å². The lowest BCUT2D eigenvalue weighted by molar-refractivity contribution is -0.113. The third kappa shape index (κ3) is 3.13. The van der Waals surface area contributed by atoms with E-state index in [4.69, 9.17) is 6.42 Å². The average Bonchev–Trinajstić information content (AvgIpc) is 2.14. The zero-order chi connectivity index (χ0) is 9.68. The fraction of sp³-hybridized carbons (Fsp3) is 0.250. The number of aryl methyl sites for hydroxylation is 2. The summed E-state index contributed by atoms with van der Waals surface area (Å²) < 4.78 is 0. The van der Waals surface area contributed by atoms with E-state index in [1.54, 1.807) is 0 Å². The molecule has 0 aliphatic heterocycles. The first-order chi connectivity index (χ1) is 6.22. The molecule has 0 radical (unpaired) electrons. The van der Waals surface area contributed by atoms with Crippen molar-refractivity contribution in [2.75, 3.05) is 0 Å². The summed E-state index contributed by atoms with van der Waals surface area (Å²) in [5.74, 6) is 1.99. The van der Waals surface area contributed by atoms with Gasteiger partial charge in [0.1, 0.15) is 0 Å². The molecule has 0 fully saturated rings. The van der Waals surface area contributed by atoms with Crippen LogP contribution in [-0.2, 0) is 11.2 Å². The third-order valence-corrected chi connectivity index (χ3v) is 1.88. The molecule has 0 aromatic heterocycles. The van der Waals surface area contributed by atoms with E-state index in [2.05, 4.69) is 12.0 Å². The van der Waals surface area contributed by atoms with E-state index < -0.39 is 0 Å². The summed E-state index contributed by atoms with van der Waals surface area (Å²) >= 11 is 0. The molecule has 1 aromatic rings. The largest absolute Gasteiger partial charge is 0.285 e. The molecular weight excluding hydrogens is 160 g/mol. The van der Waals surface area contributed by atoms with Gasteiger partial charge in [0.15, 0.2) is 0 Å². The highest BCUT2D eigenvalue weighted by atomic mass is 16.1. The maximum atomic E-state index is 10.8. The molecule has 66 valence electrons. The second kappa shape index (κ2) is 4.47. The van der Waals surface area contributed by atoms with Gasteiger partial charge >= 0.3 is 0 Å². The Balaban J connectivity index is 2.56. The van der Waals surface area contributed by atoms with Crippen molar-refractivity contribution in [1.82, 2.24) is 0 Å². The molecule has 1 heteroatoms. The number of terminal acetylenes is 1. The minimum Gasteiger partial charge on any atom is -0.285 e. The van der Waals surface area contributed by atoms with Crippen LogP contribution in [0.1, 0.15) is 17.5 Å². The van der Waals surface area contributed by atoms with Crippen molar-refractivity contribution in [3.8, 4) is 12.3 Å². The van der Waals surface area contributed by atoms with E-state index in [0.29, 0.717) is 6.42 Å². The van der Waals surface area contributed by atoms with Crippen molar-refractivity contribution < 1.29 is 4.79 Å². The Kier molecular flexibility index (Phi) is 3.28. The van der Waals surface area contributed by atoms with E-state index in [0.717, 1.165) is 6.42 Å². The predicted octanol–water partition coefficient (Wildman–Crippen LogP) is 2.13. The highest BCUT2D eigenvalue weighted by Gasteiger charge is 1.98. The summed E-state index contributed by atoms with van der Waals surface area (Å²) in [4.78, 5) is 10.8. The molecular formula is C12H12O. The normalized spacial score (nSPS) is 9.23. The molecule has 0 bridgehead atoms. The molecule has 0 saturated heterocycles. The summed E-state index contributed by atoms with van der Waals surface area (Å²) in [5, 5.41) is 0. The summed E-state index contributed by atoms with van der Waals surface area (Å²) in [6, 6.07) is 8.11. The summed E-state index contributed by atoms with van der Waals surface area (Å²) in [6.45, 7) is 2.03. The monoisotopic (exact) mass is 172 g/mol. The zero-order valence-electron chi connectivity index (χ0n) is 7.71. The summed E-state index contributed by atoms with van der Waals surface area (Å²) in [7, 11) is 0. The lowest BCUT2D eigenvalue weighted by atomic mass is 10.1. The highest BCUT2D eigenvalue weighted by molar-refractivity contribution is 5.94. The quantitative estimate of drug-likeness (QED) is 0.504. The standard InChI is InChI=1S/C12H12O/c1-3-12(13)8-7-11-6-4-5-10(2)9-11/h1,4-6,9H,7-8H2,2H3. The van der Waals surface area contributed by atoms with Gasteiger partial charge in [-0.3, -0.25) is 4.79 Å². The van der Waals surface area contributed by atoms with Gasteiger partial charge in [-0.2, -0.15) is 0 Å². The van der Waals surface area contributed by atoms with Crippen LogP contribution in [0.3, 0.4) is 0 Å². The summed E-state index contributed by atoms with van der Waals surface area (Å²) in [6.07, 6.45) is 6.15. The second-order valence-electron chi connectivity index (χ2n) is 3.06. The van der Waals surface area contributed by atoms with Gasteiger partial charge in [0.25, 0.3) is 0 Å². The lowest BCUT2D eigenvalue weighted by Crippen LogP contribution is -1.96. The Morgan fingerprint density at radius 1 is 1.54 bits per heavy atom. The van der Waals surface area contributed by atoms with Gasteiger partial charge in [0.05, 0.1) is 0 Å². The number of hydrogen-bond donors (Lipinski definition) is 0. The third-order valence-electron chi connectivity index (χ3n) is 1.88. The van der Waals surface area contributed by atoms with Crippen molar-refractivity contribution in [3.05, 3.63) is 35.4 Å². The van der Waals surface area contributed by atoms with E-state index in [1.165, 1.54) is 11.1 Å². The van der Waals surface area contributed by atoms with E-state index >= 15 is 0 Å². The number of carbonyl (C=O) groups is 1. The van der Waals surface area contributed by atoms with Gasteiger partial charge < -0.3 is 0 Å². The molecule has 0 aliphatic rings. The Morgan fingerprint density at radius 3 is 2.92 bits per heavy atom. The van der Waals surface area contributed by atoms with Crippen LogP contribution in [0.4, 0.5) is 0 Å². The second-order valence-corrected chi connectivity index (χ2v) is 3.06. The fourth-order valence-corrected chi connectivity index (χ4v) is 1.20. The van der Waals surface area contributed by atoms with Crippen LogP contribution >= 0.6 is 0 Å². The molecule has 0 amide bonds. The minimum atomic E-state index is -0.124. The zero-order valence-corrected chi connectivity index (χ0v) is 7.71. The molecule has 0 spiro atoms. The van der Waals surface area contributed by atoms with E-state index in [-0.39, 0.29) is 5.78 Å². The van der Waals surface area contributed by atoms with Crippen LogP contribution in [0.2, 0.25) is 0 Å². The molecule has 1 rings (SSSR count). The van der Waals surface area contributed by atoms with Crippen LogP contribution in [0.15, 0.2) is 24.3 Å². The average molecular weight is 172 g/mol. The van der Waals surface area contributed by atoms with Crippen LogP contribution in [0.25, 0.3) is 0 Å². The number of Topliss-reactive ketones (excluding diaryl/α,β-unsaturated/α-hetero) is 1. The smallest absolute Gasteiger partial charge is 0.205 e. The number of hydrogen-bond acceptors (Lipinski definition) is 1. The van der Waals surface area contributed by atoms with Gasteiger partial charge in [-0.15, -0.1) is 6.42 Å². The molecule has 1 nitrogen and oxygen atoms in total. The van der Waals surface area contributed by atoms with Gasteiger partial charge in [0, 0.05) is 6.42 Å². The fourth-order valence-electron chi connectivity index (χ4n) is 1.20. The van der Waals surface area contributed by atoms with E-state index in [1.807, 2.05) is 25.1 Å². The molecule has 0 unspecified atom stereocenters. The Labute approximate surface area is 78.8 Å². The van der Waals surface area contributed by atoms with Gasteiger partial charge in [0.2, 0.25) is 5.78 Å². The van der Waals surface area contributed by atoms with Crippen molar-refractivity contribution in [2.45, 2.75) is 19.8 Å². The molecule has 0 N–H and O–H groups in total. The predicted molar refractivity (Wildman–Crippen MR) is 53.3 cm³/mol. The first-order valence-electron chi connectivity index (χ1n) is 4.27. The maximum absolute atomic E-state index is 10.8. The van der Waals surface area contributed by atoms with Gasteiger partial charge in [-0.1, -0.05) is 29.8 Å².